The molecule has 0 radical (unpaired) electrons. The molecule has 0 unspecified atom stereocenters. The highest BCUT2D eigenvalue weighted by atomic mass is 32.2. The minimum absolute atomic E-state index is 0.342. The molecule has 1 aromatic carbocycles. The number of piperidine rings is 1. The lowest BCUT2D eigenvalue weighted by Gasteiger charge is -2.30. The van der Waals surface area contributed by atoms with E-state index in [0.29, 0.717) is 12.8 Å². The van der Waals surface area contributed by atoms with E-state index in [9.17, 15) is 8.42 Å². The molecule has 100 valence electrons. The molecular weight excluding hydrogens is 248 g/mol. The molecule has 1 aromatic rings. The zero-order valence-electron chi connectivity index (χ0n) is 10.5. The zero-order chi connectivity index (χ0) is 13.0. The smallest absolute Gasteiger partial charge is 0.212 e. The van der Waals surface area contributed by atoms with E-state index in [4.69, 9.17) is 5.14 Å². The van der Waals surface area contributed by atoms with Gasteiger partial charge in [0.25, 0.3) is 0 Å². The van der Waals surface area contributed by atoms with Crippen molar-refractivity contribution in [1.29, 1.82) is 0 Å². The van der Waals surface area contributed by atoms with E-state index in [1.54, 1.807) is 0 Å². The van der Waals surface area contributed by atoms with Crippen molar-refractivity contribution in [2.45, 2.75) is 24.5 Å². The molecule has 0 amide bonds. The van der Waals surface area contributed by atoms with Gasteiger partial charge in [0.05, 0.1) is 5.25 Å². The Hall–Kier alpha value is -0.910. The van der Waals surface area contributed by atoms with Gasteiger partial charge in [-0.25, -0.2) is 13.6 Å². The van der Waals surface area contributed by atoms with Gasteiger partial charge in [0.1, 0.15) is 0 Å². The van der Waals surface area contributed by atoms with E-state index < -0.39 is 10.0 Å². The molecular formula is C13H20N2O2S. The van der Waals surface area contributed by atoms with E-state index in [1.807, 2.05) is 18.2 Å². The van der Waals surface area contributed by atoms with Crippen LogP contribution in [0.2, 0.25) is 0 Å². The third-order valence-corrected chi connectivity index (χ3v) is 4.96. The van der Waals surface area contributed by atoms with Crippen LogP contribution in [0.5, 0.6) is 0 Å². The molecule has 5 heteroatoms. The first kappa shape index (κ1) is 13.5. The fourth-order valence-corrected chi connectivity index (χ4v) is 3.26. The van der Waals surface area contributed by atoms with Crippen LogP contribution < -0.4 is 5.14 Å². The number of hydrogen-bond acceptors (Lipinski definition) is 3. The maximum absolute atomic E-state index is 11.2. The van der Waals surface area contributed by atoms with Gasteiger partial charge < -0.3 is 4.90 Å². The summed E-state index contributed by atoms with van der Waals surface area (Å²) in [6, 6.07) is 10.3. The van der Waals surface area contributed by atoms with Crippen LogP contribution in [0, 0.1) is 0 Å². The van der Waals surface area contributed by atoms with Gasteiger partial charge in [-0.05, 0) is 37.9 Å². The number of primary sulfonamides is 1. The zero-order valence-corrected chi connectivity index (χ0v) is 11.3. The Labute approximate surface area is 109 Å². The molecule has 0 saturated carbocycles. The molecule has 0 spiro atoms. The fourth-order valence-electron chi connectivity index (χ4n) is 2.39. The first-order valence-corrected chi connectivity index (χ1v) is 7.94. The molecule has 2 N–H and O–H groups in total. The predicted molar refractivity (Wildman–Crippen MR) is 72.7 cm³/mol. The number of benzene rings is 1. The molecule has 1 saturated heterocycles. The lowest BCUT2D eigenvalue weighted by Crippen LogP contribution is -2.42. The molecule has 0 atom stereocenters. The predicted octanol–water partition coefficient (Wildman–Crippen LogP) is 0.982. The number of sulfonamides is 1. The Kier molecular flexibility index (Phi) is 4.37. The summed E-state index contributed by atoms with van der Waals surface area (Å²) in [5.74, 6) is 0. The molecule has 18 heavy (non-hydrogen) atoms. The van der Waals surface area contributed by atoms with Crippen LogP contribution in [0.3, 0.4) is 0 Å². The van der Waals surface area contributed by atoms with Gasteiger partial charge in [0, 0.05) is 6.54 Å². The average molecular weight is 268 g/mol. The van der Waals surface area contributed by atoms with Crippen molar-refractivity contribution in [2.24, 2.45) is 5.14 Å². The van der Waals surface area contributed by atoms with Gasteiger partial charge in [-0.3, -0.25) is 0 Å². The highest BCUT2D eigenvalue weighted by Crippen LogP contribution is 2.16. The molecule has 1 aliphatic rings. The van der Waals surface area contributed by atoms with Gasteiger partial charge >= 0.3 is 0 Å². The van der Waals surface area contributed by atoms with Crippen molar-refractivity contribution in [1.82, 2.24) is 4.90 Å². The van der Waals surface area contributed by atoms with Crippen molar-refractivity contribution < 1.29 is 8.42 Å². The van der Waals surface area contributed by atoms with Crippen LogP contribution in [0.1, 0.15) is 18.4 Å². The molecule has 4 nitrogen and oxygen atoms in total. The highest BCUT2D eigenvalue weighted by Gasteiger charge is 2.26. The van der Waals surface area contributed by atoms with Crippen LogP contribution in [-0.2, 0) is 16.4 Å². The molecule has 0 aromatic heterocycles. The number of likely N-dealkylation sites (tertiary alicyclic amines) is 1. The van der Waals surface area contributed by atoms with E-state index in [0.717, 1.165) is 26.1 Å². The van der Waals surface area contributed by atoms with Gasteiger partial charge in [-0.15, -0.1) is 0 Å². The molecule has 0 aliphatic carbocycles. The number of rotatable bonds is 4. The van der Waals surface area contributed by atoms with Gasteiger partial charge in [0.2, 0.25) is 10.0 Å². The minimum Gasteiger partial charge on any atom is -0.303 e. The van der Waals surface area contributed by atoms with Crippen LogP contribution in [0.4, 0.5) is 0 Å². The second-order valence-electron chi connectivity index (χ2n) is 4.87. The van der Waals surface area contributed by atoms with Crippen molar-refractivity contribution in [2.75, 3.05) is 19.6 Å². The quantitative estimate of drug-likeness (QED) is 0.885. The normalized spacial score (nSPS) is 18.9. The Balaban J connectivity index is 1.78. The lowest BCUT2D eigenvalue weighted by atomic mass is 10.1. The second kappa shape index (κ2) is 5.82. The monoisotopic (exact) mass is 268 g/mol. The van der Waals surface area contributed by atoms with Gasteiger partial charge in [-0.1, -0.05) is 30.3 Å². The molecule has 1 fully saturated rings. The average Bonchev–Trinajstić information content (AvgIpc) is 2.37. The molecule has 2 rings (SSSR count). The number of nitrogens with zero attached hydrogens (tertiary/aromatic N) is 1. The van der Waals surface area contributed by atoms with Crippen molar-refractivity contribution in [3.8, 4) is 0 Å². The summed E-state index contributed by atoms with van der Waals surface area (Å²) in [5.41, 5.74) is 1.33. The minimum atomic E-state index is -3.34. The Morgan fingerprint density at radius 2 is 1.78 bits per heavy atom. The fraction of sp³-hybridized carbons (Fsp3) is 0.538. The molecule has 1 heterocycles. The standard InChI is InChI=1S/C13H20N2O2S/c14-18(16,17)13-7-10-15(11-8-13)9-6-12-4-2-1-3-5-12/h1-5,13H,6-11H2,(H2,14,16,17). The Bertz CT molecular complexity index is 465. The van der Waals surface area contributed by atoms with Crippen LogP contribution >= 0.6 is 0 Å². The summed E-state index contributed by atoms with van der Waals surface area (Å²) < 4.78 is 22.5. The Morgan fingerprint density at radius 1 is 1.17 bits per heavy atom. The van der Waals surface area contributed by atoms with Crippen LogP contribution in [0.25, 0.3) is 0 Å². The highest BCUT2D eigenvalue weighted by molar-refractivity contribution is 7.89. The van der Waals surface area contributed by atoms with Crippen molar-refractivity contribution >= 4 is 10.0 Å². The first-order chi connectivity index (χ1) is 8.55. The summed E-state index contributed by atoms with van der Waals surface area (Å²) in [6.45, 7) is 2.64. The van der Waals surface area contributed by atoms with E-state index >= 15 is 0 Å². The van der Waals surface area contributed by atoms with Crippen molar-refractivity contribution in [3.63, 3.8) is 0 Å². The molecule has 1 aliphatic heterocycles. The maximum atomic E-state index is 11.2. The van der Waals surface area contributed by atoms with Crippen LogP contribution in [0.15, 0.2) is 30.3 Å². The summed E-state index contributed by atoms with van der Waals surface area (Å²) in [7, 11) is -3.34. The summed E-state index contributed by atoms with van der Waals surface area (Å²) in [5, 5.41) is 4.83. The first-order valence-electron chi connectivity index (χ1n) is 6.33. The SMILES string of the molecule is NS(=O)(=O)C1CCN(CCc2ccccc2)CC1. The van der Waals surface area contributed by atoms with E-state index in [-0.39, 0.29) is 5.25 Å². The number of nitrogens with two attached hydrogens (primary N) is 1. The second-order valence-corrected chi connectivity index (χ2v) is 6.71. The third-order valence-electron chi connectivity index (χ3n) is 3.56. The summed E-state index contributed by atoms with van der Waals surface area (Å²) in [4.78, 5) is 2.31. The topological polar surface area (TPSA) is 63.4 Å². The van der Waals surface area contributed by atoms with E-state index in [2.05, 4.69) is 17.0 Å². The van der Waals surface area contributed by atoms with Gasteiger partial charge in [-0.2, -0.15) is 0 Å². The summed E-state index contributed by atoms with van der Waals surface area (Å²) in [6.07, 6.45) is 2.34. The molecule has 0 bridgehead atoms. The summed E-state index contributed by atoms with van der Waals surface area (Å²) >= 11 is 0. The third kappa shape index (κ3) is 3.80. The maximum Gasteiger partial charge on any atom is 0.212 e. The number of hydrogen-bond donors (Lipinski definition) is 1. The Morgan fingerprint density at radius 3 is 2.33 bits per heavy atom. The van der Waals surface area contributed by atoms with Crippen LogP contribution in [-0.4, -0.2) is 38.2 Å². The van der Waals surface area contributed by atoms with Gasteiger partial charge in [0.15, 0.2) is 0 Å². The van der Waals surface area contributed by atoms with Crippen molar-refractivity contribution in [3.05, 3.63) is 35.9 Å². The lowest BCUT2D eigenvalue weighted by molar-refractivity contribution is 0.232. The van der Waals surface area contributed by atoms with E-state index in [1.165, 1.54) is 5.56 Å². The largest absolute Gasteiger partial charge is 0.303 e.